The Morgan fingerprint density at radius 3 is 2.47 bits per heavy atom. The highest BCUT2D eigenvalue weighted by atomic mass is 19.4. The van der Waals surface area contributed by atoms with E-state index in [1.807, 2.05) is 24.3 Å². The van der Waals surface area contributed by atoms with Gasteiger partial charge in [0.15, 0.2) is 0 Å². The fourth-order valence-corrected chi connectivity index (χ4v) is 3.75. The second-order valence-corrected chi connectivity index (χ2v) is 7.82. The third-order valence-corrected chi connectivity index (χ3v) is 5.45. The summed E-state index contributed by atoms with van der Waals surface area (Å²) < 4.78 is 54.6. The molecule has 0 N–H and O–H groups in total. The van der Waals surface area contributed by atoms with Crippen molar-refractivity contribution in [3.8, 4) is 22.9 Å². The predicted octanol–water partition coefficient (Wildman–Crippen LogP) is 5.06. The molecule has 1 atom stereocenters. The van der Waals surface area contributed by atoms with Crippen molar-refractivity contribution in [1.29, 1.82) is 0 Å². The average molecular weight is 447 g/mol. The van der Waals surface area contributed by atoms with Crippen molar-refractivity contribution < 1.29 is 27.2 Å². The standard InChI is InChI=1S/C23H24F3N3O3/c1-30-19-8-10-20(11-9-19)31-15-16-3-2-12-29(13-16)14-21-27-22(28-32-21)17-4-6-18(7-5-17)23(24,25)26/h4-11,16H,2-3,12-15H2,1H3. The Kier molecular flexibility index (Phi) is 6.64. The fourth-order valence-electron chi connectivity index (χ4n) is 3.75. The fraction of sp³-hybridized carbons (Fsp3) is 0.391. The monoisotopic (exact) mass is 447 g/mol. The SMILES string of the molecule is COc1ccc(OCC2CCCN(Cc3nc(-c4ccc(C(F)(F)F)cc4)no3)C2)cc1. The Morgan fingerprint density at radius 2 is 1.78 bits per heavy atom. The van der Waals surface area contributed by atoms with E-state index in [9.17, 15) is 13.2 Å². The maximum atomic E-state index is 12.7. The number of alkyl halides is 3. The quantitative estimate of drug-likeness (QED) is 0.505. The molecule has 0 bridgehead atoms. The lowest BCUT2D eigenvalue weighted by molar-refractivity contribution is -0.137. The molecule has 1 aliphatic heterocycles. The van der Waals surface area contributed by atoms with Gasteiger partial charge in [0, 0.05) is 18.0 Å². The first-order valence-corrected chi connectivity index (χ1v) is 10.4. The third-order valence-electron chi connectivity index (χ3n) is 5.45. The molecule has 1 fully saturated rings. The number of hydrogen-bond acceptors (Lipinski definition) is 6. The number of rotatable bonds is 7. The lowest BCUT2D eigenvalue weighted by Gasteiger charge is -2.31. The maximum absolute atomic E-state index is 12.7. The van der Waals surface area contributed by atoms with Crippen LogP contribution >= 0.6 is 0 Å². The smallest absolute Gasteiger partial charge is 0.416 e. The molecule has 2 heterocycles. The number of methoxy groups -OCH3 is 1. The number of aromatic nitrogens is 2. The Balaban J connectivity index is 1.31. The van der Waals surface area contributed by atoms with Crippen LogP contribution in [0.1, 0.15) is 24.3 Å². The van der Waals surface area contributed by atoms with E-state index in [4.69, 9.17) is 14.0 Å². The maximum Gasteiger partial charge on any atom is 0.416 e. The Labute approximate surface area is 183 Å². The minimum atomic E-state index is -4.37. The van der Waals surface area contributed by atoms with Gasteiger partial charge < -0.3 is 14.0 Å². The van der Waals surface area contributed by atoms with Gasteiger partial charge in [-0.1, -0.05) is 17.3 Å². The van der Waals surface area contributed by atoms with Crippen molar-refractivity contribution in [2.75, 3.05) is 26.8 Å². The molecule has 9 heteroatoms. The van der Waals surface area contributed by atoms with Crippen LogP contribution in [0.25, 0.3) is 11.4 Å². The van der Waals surface area contributed by atoms with E-state index in [0.29, 0.717) is 30.5 Å². The van der Waals surface area contributed by atoms with Crippen LogP contribution < -0.4 is 9.47 Å². The zero-order valence-corrected chi connectivity index (χ0v) is 17.6. The van der Waals surface area contributed by atoms with Crippen molar-refractivity contribution in [2.24, 2.45) is 5.92 Å². The Bertz CT molecular complexity index is 1000. The summed E-state index contributed by atoms with van der Waals surface area (Å²) in [6.45, 7) is 2.86. The van der Waals surface area contributed by atoms with Gasteiger partial charge in [0.1, 0.15) is 11.5 Å². The summed E-state index contributed by atoms with van der Waals surface area (Å²) in [5.41, 5.74) is -0.224. The van der Waals surface area contributed by atoms with E-state index in [2.05, 4.69) is 15.0 Å². The summed E-state index contributed by atoms with van der Waals surface area (Å²) in [6.07, 6.45) is -2.26. The average Bonchev–Trinajstić information content (AvgIpc) is 3.26. The van der Waals surface area contributed by atoms with Gasteiger partial charge in [-0.05, 0) is 55.8 Å². The molecule has 2 aromatic carbocycles. The second kappa shape index (κ2) is 9.60. The first-order valence-electron chi connectivity index (χ1n) is 10.4. The van der Waals surface area contributed by atoms with Crippen molar-refractivity contribution in [2.45, 2.75) is 25.6 Å². The highest BCUT2D eigenvalue weighted by Gasteiger charge is 2.30. The van der Waals surface area contributed by atoms with Crippen molar-refractivity contribution in [1.82, 2.24) is 15.0 Å². The van der Waals surface area contributed by atoms with E-state index in [1.165, 1.54) is 12.1 Å². The molecule has 4 rings (SSSR count). The molecule has 6 nitrogen and oxygen atoms in total. The topological polar surface area (TPSA) is 60.6 Å². The van der Waals surface area contributed by atoms with Gasteiger partial charge in [0.05, 0.1) is 25.8 Å². The van der Waals surface area contributed by atoms with Crippen LogP contribution in [0.3, 0.4) is 0 Å². The predicted molar refractivity (Wildman–Crippen MR) is 111 cm³/mol. The number of nitrogens with zero attached hydrogens (tertiary/aromatic N) is 3. The number of halogens is 3. The van der Waals surface area contributed by atoms with Crippen LogP contribution in [0.4, 0.5) is 13.2 Å². The van der Waals surface area contributed by atoms with E-state index in [-0.39, 0.29) is 5.82 Å². The molecular formula is C23H24F3N3O3. The molecule has 1 saturated heterocycles. The first-order chi connectivity index (χ1) is 15.4. The number of hydrogen-bond donors (Lipinski definition) is 0. The van der Waals surface area contributed by atoms with Crippen molar-refractivity contribution in [3.63, 3.8) is 0 Å². The number of likely N-dealkylation sites (tertiary alicyclic amines) is 1. The van der Waals surface area contributed by atoms with E-state index in [0.717, 1.165) is 49.6 Å². The first kappa shape index (κ1) is 22.1. The molecule has 0 saturated carbocycles. The minimum absolute atomic E-state index is 0.283. The molecule has 1 unspecified atom stereocenters. The van der Waals surface area contributed by atoms with Gasteiger partial charge in [0.25, 0.3) is 0 Å². The molecule has 32 heavy (non-hydrogen) atoms. The highest BCUT2D eigenvalue weighted by Crippen LogP contribution is 2.30. The summed E-state index contributed by atoms with van der Waals surface area (Å²) in [4.78, 5) is 6.59. The molecule has 0 radical (unpaired) electrons. The molecule has 1 aliphatic rings. The molecule has 0 spiro atoms. The van der Waals surface area contributed by atoms with Gasteiger partial charge in [-0.25, -0.2) is 0 Å². The van der Waals surface area contributed by atoms with Crippen LogP contribution in [0.2, 0.25) is 0 Å². The van der Waals surface area contributed by atoms with Gasteiger partial charge in [-0.15, -0.1) is 0 Å². The molecule has 3 aromatic rings. The Morgan fingerprint density at radius 1 is 1.06 bits per heavy atom. The Hall–Kier alpha value is -3.07. The van der Waals surface area contributed by atoms with Gasteiger partial charge in [-0.2, -0.15) is 18.2 Å². The van der Waals surface area contributed by atoms with Crippen LogP contribution in [0.15, 0.2) is 53.1 Å². The van der Waals surface area contributed by atoms with E-state index < -0.39 is 11.7 Å². The largest absolute Gasteiger partial charge is 0.497 e. The summed E-state index contributed by atoms with van der Waals surface area (Å²) >= 11 is 0. The zero-order valence-electron chi connectivity index (χ0n) is 17.6. The number of ether oxygens (including phenoxy) is 2. The third kappa shape index (κ3) is 5.59. The molecule has 1 aromatic heterocycles. The normalized spacial score (nSPS) is 17.3. The summed E-state index contributed by atoms with van der Waals surface area (Å²) in [7, 11) is 1.63. The van der Waals surface area contributed by atoms with Gasteiger partial charge >= 0.3 is 6.18 Å². The molecular weight excluding hydrogens is 423 g/mol. The second-order valence-electron chi connectivity index (χ2n) is 7.82. The summed E-state index contributed by atoms with van der Waals surface area (Å²) in [6, 6.07) is 12.3. The van der Waals surface area contributed by atoms with Crippen molar-refractivity contribution in [3.05, 3.63) is 60.0 Å². The molecule has 0 aliphatic carbocycles. The van der Waals surface area contributed by atoms with Crippen LogP contribution in [-0.4, -0.2) is 41.8 Å². The van der Waals surface area contributed by atoms with Crippen LogP contribution in [-0.2, 0) is 12.7 Å². The summed E-state index contributed by atoms with van der Waals surface area (Å²) in [5, 5.41) is 3.92. The van der Waals surface area contributed by atoms with Crippen LogP contribution in [0, 0.1) is 5.92 Å². The lowest BCUT2D eigenvalue weighted by atomic mass is 9.99. The van der Waals surface area contributed by atoms with Crippen LogP contribution in [0.5, 0.6) is 11.5 Å². The van der Waals surface area contributed by atoms with Gasteiger partial charge in [-0.3, -0.25) is 4.90 Å². The lowest BCUT2D eigenvalue weighted by Crippen LogP contribution is -2.37. The number of benzene rings is 2. The molecule has 170 valence electrons. The van der Waals surface area contributed by atoms with Crippen molar-refractivity contribution >= 4 is 0 Å². The van der Waals surface area contributed by atoms with Gasteiger partial charge in [0.2, 0.25) is 11.7 Å². The van der Waals surface area contributed by atoms with E-state index in [1.54, 1.807) is 7.11 Å². The minimum Gasteiger partial charge on any atom is -0.497 e. The highest BCUT2D eigenvalue weighted by molar-refractivity contribution is 5.54. The summed E-state index contributed by atoms with van der Waals surface area (Å²) in [5.74, 6) is 2.70. The van der Waals surface area contributed by atoms with E-state index >= 15 is 0 Å². The molecule has 0 amide bonds. The zero-order chi connectivity index (χ0) is 22.6. The number of piperidine rings is 1.